The molecule has 3 unspecified atom stereocenters. The maximum Gasteiger partial charge on any atom is 0.325 e. The fourth-order valence-electron chi connectivity index (χ4n) is 6.62. The van der Waals surface area contributed by atoms with Crippen molar-refractivity contribution < 1.29 is 47.2 Å². The molecular formula is C32H32F2N9O8PS. The van der Waals surface area contributed by atoms with Gasteiger partial charge in [0.2, 0.25) is 0 Å². The summed E-state index contributed by atoms with van der Waals surface area (Å²) < 4.78 is 57.0. The molecule has 8 rings (SSSR count). The molecule has 12 bridgehead atoms. The van der Waals surface area contributed by atoms with Gasteiger partial charge in [-0.2, -0.15) is 0 Å². The molecule has 1 aromatic carbocycles. The van der Waals surface area contributed by atoms with Gasteiger partial charge in [-0.05, 0) is 36.8 Å². The lowest BCUT2D eigenvalue weighted by atomic mass is 10.1. The zero-order chi connectivity index (χ0) is 36.9. The molecular weight excluding hydrogens is 739 g/mol. The number of rotatable bonds is 2. The van der Waals surface area contributed by atoms with Crippen LogP contribution in [-0.2, 0) is 36.7 Å². The Labute approximate surface area is 304 Å². The van der Waals surface area contributed by atoms with Gasteiger partial charge in [-0.15, -0.1) is 0 Å². The van der Waals surface area contributed by atoms with Gasteiger partial charge in [0, 0.05) is 12.1 Å². The summed E-state index contributed by atoms with van der Waals surface area (Å²) in [6.45, 7) is -5.57. The van der Waals surface area contributed by atoms with Gasteiger partial charge < -0.3 is 29.1 Å². The van der Waals surface area contributed by atoms with Crippen LogP contribution in [0.1, 0.15) is 34.9 Å². The molecule has 1 amide bonds. The van der Waals surface area contributed by atoms with E-state index >= 15 is 8.78 Å². The summed E-state index contributed by atoms with van der Waals surface area (Å²) in [7, 11) is 0. The van der Waals surface area contributed by atoms with Gasteiger partial charge >= 0.3 is 6.72 Å². The highest BCUT2D eigenvalue weighted by molar-refractivity contribution is 8.07. The number of aliphatic hydroxyl groups is 2. The van der Waals surface area contributed by atoms with Crippen LogP contribution in [0.3, 0.4) is 0 Å². The van der Waals surface area contributed by atoms with E-state index < -0.39 is 69.1 Å². The number of amides is 1. The quantitative estimate of drug-likeness (QED) is 0.174. The van der Waals surface area contributed by atoms with Crippen LogP contribution < -0.4 is 4.90 Å². The Morgan fingerprint density at radius 1 is 0.925 bits per heavy atom. The Kier molecular flexibility index (Phi) is 9.81. The van der Waals surface area contributed by atoms with E-state index in [2.05, 4.69) is 29.9 Å². The molecule has 0 aliphatic carbocycles. The Bertz CT molecular complexity index is 2220. The first-order valence-corrected chi connectivity index (χ1v) is 19.1. The molecule has 2 fully saturated rings. The van der Waals surface area contributed by atoms with Gasteiger partial charge in [0.1, 0.15) is 42.6 Å². The Morgan fingerprint density at radius 3 is 2.38 bits per heavy atom. The van der Waals surface area contributed by atoms with Crippen molar-refractivity contribution in [3.05, 3.63) is 79.1 Å². The predicted molar refractivity (Wildman–Crippen MR) is 184 cm³/mol. The number of carbonyl (C=O) groups excluding carboxylic acids is 1. The standard InChI is InChI=1S/C32H32F2N9O8PS/c33-21-25(45)20-12-48-52(47,53)51-26-19(11-44)49-32(22(26)34)42-15-39-23-18(35-13-36-27(23)42)9-5-2-6-10-41(30(46)17-7-3-1-4-8-17)28-24-29(38-14-37-28)43(16-40-24)31(21)50-20/h1-4,6-8,13-16,19-22,25-26,31-32,44-45H,5,9-12H2,(H,47,53)/b6-2+/t19-,20-,21-,22-,25-,26-,31?,32?,52?/m1/s1. The highest BCUT2D eigenvalue weighted by atomic mass is 32.5. The highest BCUT2D eigenvalue weighted by Gasteiger charge is 2.51. The first-order valence-electron chi connectivity index (χ1n) is 16.5. The molecule has 7 heterocycles. The van der Waals surface area contributed by atoms with Crippen LogP contribution in [0.5, 0.6) is 0 Å². The molecule has 3 aliphatic heterocycles. The van der Waals surface area contributed by atoms with Crippen molar-refractivity contribution in [3.63, 3.8) is 0 Å². The van der Waals surface area contributed by atoms with Gasteiger partial charge in [0.25, 0.3) is 5.91 Å². The number of ether oxygens (including phenoxy) is 2. The number of anilines is 1. The Hall–Kier alpha value is -4.24. The van der Waals surface area contributed by atoms with Crippen LogP contribution in [0.15, 0.2) is 67.8 Å². The number of allylic oxidation sites excluding steroid dienone is 1. The lowest BCUT2D eigenvalue weighted by Gasteiger charge is -2.25. The maximum atomic E-state index is 16.1. The number of aromatic nitrogens is 8. The molecule has 9 atom stereocenters. The van der Waals surface area contributed by atoms with E-state index in [1.807, 2.05) is 6.08 Å². The van der Waals surface area contributed by atoms with Crippen molar-refractivity contribution in [1.82, 2.24) is 39.0 Å². The third-order valence-electron chi connectivity index (χ3n) is 9.24. The monoisotopic (exact) mass is 771 g/mol. The topological polar surface area (TPSA) is 205 Å². The second-order valence-electron chi connectivity index (χ2n) is 12.5. The fraction of sp³-hybridized carbons (Fsp3) is 0.406. The van der Waals surface area contributed by atoms with E-state index in [1.165, 1.54) is 39.3 Å². The number of nitrogens with zero attached hydrogens (tertiary/aromatic N) is 9. The Morgan fingerprint density at radius 2 is 1.62 bits per heavy atom. The molecule has 4 aromatic heterocycles. The van der Waals surface area contributed by atoms with E-state index in [4.69, 9.17) is 30.3 Å². The van der Waals surface area contributed by atoms with Crippen LogP contribution in [0, 0.1) is 0 Å². The summed E-state index contributed by atoms with van der Waals surface area (Å²) in [6, 6.07) is 8.59. The number of imidazole rings is 2. The molecule has 21 heteroatoms. The number of aryl methyl sites for hydroxylation is 1. The highest BCUT2D eigenvalue weighted by Crippen LogP contribution is 2.50. The van der Waals surface area contributed by atoms with Crippen LogP contribution in [0.25, 0.3) is 22.3 Å². The third-order valence-corrected chi connectivity index (χ3v) is 10.8. The molecule has 53 heavy (non-hydrogen) atoms. The first-order chi connectivity index (χ1) is 25.6. The number of fused-ring (bicyclic) bond motifs is 6. The summed E-state index contributed by atoms with van der Waals surface area (Å²) in [5.41, 5.74) is 1.89. The summed E-state index contributed by atoms with van der Waals surface area (Å²) in [6.07, 6.45) is -3.18. The lowest BCUT2D eigenvalue weighted by molar-refractivity contribution is -0.0521. The first kappa shape index (κ1) is 35.8. The fourth-order valence-corrected chi connectivity index (χ4v) is 8.06. The van der Waals surface area contributed by atoms with Gasteiger partial charge in [0.05, 0.1) is 31.6 Å². The van der Waals surface area contributed by atoms with Crippen molar-refractivity contribution in [2.75, 3.05) is 24.7 Å². The van der Waals surface area contributed by atoms with Crippen molar-refractivity contribution in [3.8, 4) is 0 Å². The molecule has 0 saturated carbocycles. The summed E-state index contributed by atoms with van der Waals surface area (Å²) in [4.78, 5) is 52.5. The van der Waals surface area contributed by atoms with Crippen molar-refractivity contribution >= 4 is 52.6 Å². The molecule has 3 aliphatic rings. The molecule has 278 valence electrons. The molecule has 0 spiro atoms. The van der Waals surface area contributed by atoms with E-state index in [0.717, 1.165) is 0 Å². The smallest absolute Gasteiger partial charge is 0.325 e. The van der Waals surface area contributed by atoms with E-state index in [9.17, 15) is 19.9 Å². The van der Waals surface area contributed by atoms with Crippen molar-refractivity contribution in [2.45, 2.75) is 62.1 Å². The zero-order valence-electron chi connectivity index (χ0n) is 27.5. The molecule has 2 saturated heterocycles. The van der Waals surface area contributed by atoms with Crippen LogP contribution in [-0.4, -0.2) is 117 Å². The number of aliphatic hydroxyl groups excluding tert-OH is 2. The van der Waals surface area contributed by atoms with Gasteiger partial charge in [-0.1, -0.05) is 30.4 Å². The number of hydrogen-bond acceptors (Lipinski definition) is 14. The average Bonchev–Trinajstić information content (AvgIpc) is 3.93. The van der Waals surface area contributed by atoms with E-state index in [-0.39, 0.29) is 35.1 Å². The van der Waals surface area contributed by atoms with Crippen LogP contribution in [0.4, 0.5) is 14.6 Å². The number of carbonyl (C=O) groups is 1. The summed E-state index contributed by atoms with van der Waals surface area (Å²) >= 11 is 5.16. The Balaban J connectivity index is 1.17. The van der Waals surface area contributed by atoms with E-state index in [1.54, 1.807) is 36.4 Å². The molecule has 17 nitrogen and oxygen atoms in total. The summed E-state index contributed by atoms with van der Waals surface area (Å²) in [5.74, 6) is -0.226. The molecule has 3 N–H and O–H groups in total. The predicted octanol–water partition coefficient (Wildman–Crippen LogP) is 2.26. The van der Waals surface area contributed by atoms with Gasteiger partial charge in [-0.3, -0.25) is 23.4 Å². The minimum Gasteiger partial charge on any atom is -0.394 e. The van der Waals surface area contributed by atoms with Crippen molar-refractivity contribution in [1.29, 1.82) is 0 Å². The third kappa shape index (κ3) is 6.64. The van der Waals surface area contributed by atoms with Crippen LogP contribution in [0.2, 0.25) is 0 Å². The lowest BCUT2D eigenvalue weighted by Crippen LogP contribution is -2.34. The molecule has 0 radical (unpaired) electrons. The van der Waals surface area contributed by atoms with Crippen LogP contribution >= 0.6 is 6.72 Å². The normalized spacial score (nSPS) is 31.7. The van der Waals surface area contributed by atoms with Gasteiger partial charge in [-0.25, -0.2) is 38.7 Å². The number of alkyl halides is 2. The largest absolute Gasteiger partial charge is 0.394 e. The zero-order valence-corrected chi connectivity index (χ0v) is 29.2. The number of halogens is 2. The number of benzene rings is 1. The second-order valence-corrected chi connectivity index (χ2v) is 15.3. The number of hydrogen-bond donors (Lipinski definition) is 3. The average molecular weight is 772 g/mol. The minimum absolute atomic E-state index is 0.0730. The maximum absolute atomic E-state index is 16.1. The van der Waals surface area contributed by atoms with E-state index in [0.29, 0.717) is 29.6 Å². The molecule has 5 aromatic rings. The van der Waals surface area contributed by atoms with Gasteiger partial charge in [0.15, 0.2) is 47.4 Å². The SMILES string of the molecule is O=C(c1ccccc1)N1C/C=C/CCc2ncnc3c2ncn3C2O[C@H](CO)[C@@H](OP(O)(=S)OC[C@H]3OC([C@H](F)[C@@H]3O)n3cnc4c1ncnc43)[C@H]2F. The summed E-state index contributed by atoms with van der Waals surface area (Å²) in [5, 5.41) is 20.8. The second kappa shape index (κ2) is 14.5. The minimum atomic E-state index is -4.31. The van der Waals surface area contributed by atoms with Crippen molar-refractivity contribution in [2.24, 2.45) is 0 Å².